The molecule has 41 heavy (non-hydrogen) atoms. The molecule has 0 aromatic heterocycles. The first-order chi connectivity index (χ1) is 17.7. The Morgan fingerprint density at radius 2 is 0.634 bits per heavy atom. The predicted octanol–water partition coefficient (Wildman–Crippen LogP) is -19.1. The van der Waals surface area contributed by atoms with Crippen molar-refractivity contribution in [2.75, 3.05) is 19.8 Å². The number of rotatable bonds is 15. The van der Waals surface area contributed by atoms with Crippen molar-refractivity contribution in [3.05, 3.63) is 0 Å². The summed E-state index contributed by atoms with van der Waals surface area (Å²) < 4.78 is 0. The van der Waals surface area contributed by atoms with E-state index in [0.717, 1.165) is 0 Å². The number of carboxylic acids is 3. The fourth-order valence-corrected chi connectivity index (χ4v) is 1.99. The molecule has 0 saturated heterocycles. The molecule has 16 N–H and O–H groups in total. The monoisotopic (exact) mass is 632 g/mol. The summed E-state index contributed by atoms with van der Waals surface area (Å²) in [5, 5.41) is 159. The molecule has 12 atom stereocenters. The van der Waals surface area contributed by atoms with E-state index in [9.17, 15) is 24.6 Å². The van der Waals surface area contributed by atoms with Gasteiger partial charge in [-0.1, -0.05) is 0 Å². The molecule has 12 unspecified atom stereocenters. The molecule has 0 aliphatic heterocycles. The van der Waals surface area contributed by atoms with Crippen molar-refractivity contribution >= 4 is 17.9 Å². The minimum atomic E-state index is -2.31. The average molecular weight is 632 g/mol. The largest absolute Gasteiger partial charge is 1.00 e. The van der Waals surface area contributed by atoms with E-state index in [1.807, 2.05) is 0 Å². The predicted molar refractivity (Wildman–Crippen MR) is 111 cm³/mol. The molecule has 0 spiro atoms. The number of hydrogen-bond donors (Lipinski definition) is 16. The zero-order valence-electron chi connectivity index (χ0n) is 21.7. The summed E-state index contributed by atoms with van der Waals surface area (Å²) in [5.74, 6) is -5.68. The van der Waals surface area contributed by atoms with Gasteiger partial charge in [0.05, 0.1) is 31.8 Å². The van der Waals surface area contributed by atoms with Crippen LogP contribution in [0.5, 0.6) is 0 Å². The van der Waals surface area contributed by atoms with E-state index in [4.69, 9.17) is 81.7 Å². The van der Waals surface area contributed by atoms with Crippen LogP contribution in [0.3, 0.4) is 0 Å². The minimum Gasteiger partial charge on any atom is -0.547 e. The molecule has 0 aliphatic rings. The quantitative estimate of drug-likeness (QED) is 0.0745. The third-order valence-electron chi connectivity index (χ3n) is 4.50. The van der Waals surface area contributed by atoms with Gasteiger partial charge in [0, 0.05) is 0 Å². The van der Waals surface area contributed by atoms with Gasteiger partial charge in [0.1, 0.15) is 67.1 Å². The van der Waals surface area contributed by atoms with Crippen molar-refractivity contribution in [3.8, 4) is 0 Å². The fraction of sp³-hybridized carbons (Fsp3) is 0.833. The zero-order chi connectivity index (χ0) is 31.8. The second-order valence-electron chi connectivity index (χ2n) is 7.50. The normalized spacial score (nSPS) is 19.4. The Balaban J connectivity index is -0.000000154. The molecule has 0 bridgehead atoms. The molecule has 0 heterocycles. The van der Waals surface area contributed by atoms with Crippen LogP contribution in [-0.2, 0) is 14.4 Å². The molecule has 23 heteroatoms. The maximum absolute atomic E-state index is 10.1. The summed E-state index contributed by atoms with van der Waals surface area (Å²) in [6.07, 6.45) is -24.0. The number of carbonyl (C=O) groups is 3. The summed E-state index contributed by atoms with van der Waals surface area (Å²) in [4.78, 5) is 30.1. The van der Waals surface area contributed by atoms with Gasteiger partial charge in [0.25, 0.3) is 0 Å². The first kappa shape index (κ1) is 50.4. The molecule has 0 rings (SSSR count). The van der Waals surface area contributed by atoms with Crippen molar-refractivity contribution in [2.45, 2.75) is 73.2 Å². The summed E-state index contributed by atoms with van der Waals surface area (Å²) in [7, 11) is 0. The van der Waals surface area contributed by atoms with Crippen molar-refractivity contribution in [1.82, 2.24) is 0 Å². The van der Waals surface area contributed by atoms with Crippen LogP contribution in [0, 0.1) is 0 Å². The summed E-state index contributed by atoms with van der Waals surface area (Å²) in [6, 6.07) is 0. The molecular formula is C18H34Na2O21. The Hall–Kier alpha value is -0.190. The standard InChI is InChI=1S/3C6H12O7.2Na/c3*7-1-2(8)3(9)4(10)5(11)6(12)13;;/h3*2-5,7-11H,1H2,(H,12,13);;/q;;;2*+1/p-2. The topological polar surface area (TPSA) is 421 Å². The van der Waals surface area contributed by atoms with E-state index >= 15 is 0 Å². The van der Waals surface area contributed by atoms with E-state index in [2.05, 4.69) is 0 Å². The summed E-state index contributed by atoms with van der Waals surface area (Å²) in [6.45, 7) is -2.57. The molecule has 0 radical (unpaired) electrons. The molecule has 0 fully saturated rings. The van der Waals surface area contributed by atoms with Crippen LogP contribution < -0.4 is 69.3 Å². The smallest absolute Gasteiger partial charge is 0.547 e. The second kappa shape index (κ2) is 26.2. The number of carbonyl (C=O) groups excluding carboxylic acids is 2. The van der Waals surface area contributed by atoms with E-state index in [1.54, 1.807) is 0 Å². The average Bonchev–Trinajstić information content (AvgIpc) is 2.92. The minimum absolute atomic E-state index is 0. The van der Waals surface area contributed by atoms with Crippen LogP contribution in [-0.4, -0.2) is 193 Å². The third kappa shape index (κ3) is 19.7. The number of hydrogen-bond acceptors (Lipinski definition) is 20. The Morgan fingerprint density at radius 1 is 0.439 bits per heavy atom. The van der Waals surface area contributed by atoms with Crippen LogP contribution in [0.4, 0.5) is 0 Å². The molecule has 0 amide bonds. The first-order valence-electron chi connectivity index (χ1n) is 10.4. The van der Waals surface area contributed by atoms with Crippen LogP contribution in [0.2, 0.25) is 0 Å². The number of aliphatic hydroxyl groups is 15. The molecule has 0 saturated carbocycles. The Kier molecular flexibility index (Phi) is 32.3. The van der Waals surface area contributed by atoms with Crippen LogP contribution >= 0.6 is 0 Å². The van der Waals surface area contributed by atoms with Gasteiger partial charge in [-0.05, 0) is 0 Å². The van der Waals surface area contributed by atoms with E-state index < -0.39 is 111 Å². The maximum Gasteiger partial charge on any atom is 1.00 e. The van der Waals surface area contributed by atoms with E-state index in [0.29, 0.717) is 0 Å². The van der Waals surface area contributed by atoms with Gasteiger partial charge in [-0.2, -0.15) is 0 Å². The first-order valence-corrected chi connectivity index (χ1v) is 10.4. The van der Waals surface area contributed by atoms with Crippen molar-refractivity contribution < 1.29 is 165 Å². The van der Waals surface area contributed by atoms with Crippen molar-refractivity contribution in [2.24, 2.45) is 0 Å². The van der Waals surface area contributed by atoms with Gasteiger partial charge >= 0.3 is 65.1 Å². The second-order valence-corrected chi connectivity index (χ2v) is 7.50. The van der Waals surface area contributed by atoms with Crippen LogP contribution in [0.1, 0.15) is 0 Å². The molecule has 0 aliphatic carbocycles. The van der Waals surface area contributed by atoms with Gasteiger partial charge in [-0.25, -0.2) is 4.79 Å². The third-order valence-corrected chi connectivity index (χ3v) is 4.50. The van der Waals surface area contributed by atoms with Gasteiger partial charge in [0.2, 0.25) is 0 Å². The fourth-order valence-electron chi connectivity index (χ4n) is 1.99. The molecule has 0 aromatic carbocycles. The summed E-state index contributed by atoms with van der Waals surface area (Å²) >= 11 is 0. The van der Waals surface area contributed by atoms with E-state index in [1.165, 1.54) is 0 Å². The van der Waals surface area contributed by atoms with Gasteiger partial charge < -0.3 is 102 Å². The van der Waals surface area contributed by atoms with E-state index in [-0.39, 0.29) is 59.1 Å². The molecular weight excluding hydrogens is 598 g/mol. The van der Waals surface area contributed by atoms with Crippen LogP contribution in [0.25, 0.3) is 0 Å². The number of aliphatic carboxylic acids is 3. The Morgan fingerprint density at radius 3 is 0.780 bits per heavy atom. The van der Waals surface area contributed by atoms with Crippen LogP contribution in [0.15, 0.2) is 0 Å². The number of carboxylic acid groups (broad SMARTS) is 3. The Labute approximate surface area is 275 Å². The van der Waals surface area contributed by atoms with Crippen molar-refractivity contribution in [3.63, 3.8) is 0 Å². The van der Waals surface area contributed by atoms with Gasteiger partial charge in [-0.3, -0.25) is 0 Å². The molecule has 0 aromatic rings. The van der Waals surface area contributed by atoms with Crippen molar-refractivity contribution in [1.29, 1.82) is 0 Å². The van der Waals surface area contributed by atoms with Gasteiger partial charge in [-0.15, -0.1) is 0 Å². The zero-order valence-corrected chi connectivity index (χ0v) is 25.7. The molecule has 234 valence electrons. The SMILES string of the molecule is O=C(O)C(O)C(O)C(O)C(O)CO.O=C([O-])C(O)C(O)C(O)C(O)CO.O=C([O-])C(O)C(O)C(O)C(O)CO.[Na+].[Na+]. The Bertz CT molecular complexity index is 613. The van der Waals surface area contributed by atoms with Gasteiger partial charge in [0.15, 0.2) is 6.10 Å². The number of aliphatic hydroxyl groups excluding tert-OH is 15. The maximum atomic E-state index is 10.1. The molecule has 21 nitrogen and oxygen atoms in total. The summed E-state index contributed by atoms with van der Waals surface area (Å²) in [5.41, 5.74) is 0.